The zero-order valence-corrected chi connectivity index (χ0v) is 11.0. The van der Waals surface area contributed by atoms with Crippen molar-refractivity contribution in [2.24, 2.45) is 17.6 Å². The van der Waals surface area contributed by atoms with E-state index < -0.39 is 0 Å². The van der Waals surface area contributed by atoms with Crippen LogP contribution in [0.1, 0.15) is 52.4 Å². The molecule has 0 bridgehead atoms. The van der Waals surface area contributed by atoms with Gasteiger partial charge in [-0.15, -0.1) is 0 Å². The molecule has 0 aromatic heterocycles. The third kappa shape index (κ3) is 2.78. The van der Waals surface area contributed by atoms with Crippen molar-refractivity contribution in [1.82, 2.24) is 4.90 Å². The van der Waals surface area contributed by atoms with Crippen molar-refractivity contribution < 1.29 is 0 Å². The van der Waals surface area contributed by atoms with Gasteiger partial charge in [-0.1, -0.05) is 13.3 Å². The minimum atomic E-state index is 0.386. The second-order valence-corrected chi connectivity index (χ2v) is 5.99. The maximum Gasteiger partial charge on any atom is 0.00955 e. The number of nitrogens with zero attached hydrogens (tertiary/aromatic N) is 1. The topological polar surface area (TPSA) is 29.3 Å². The quantitative estimate of drug-likeness (QED) is 0.798. The molecule has 1 aliphatic carbocycles. The maximum absolute atomic E-state index is 6.01. The fourth-order valence-corrected chi connectivity index (χ4v) is 3.49. The predicted molar refractivity (Wildman–Crippen MR) is 69.4 cm³/mol. The van der Waals surface area contributed by atoms with Crippen molar-refractivity contribution in [3.63, 3.8) is 0 Å². The fourth-order valence-electron chi connectivity index (χ4n) is 3.49. The van der Waals surface area contributed by atoms with Crippen molar-refractivity contribution >= 4 is 0 Å². The van der Waals surface area contributed by atoms with Gasteiger partial charge in [0.2, 0.25) is 0 Å². The van der Waals surface area contributed by atoms with Crippen LogP contribution >= 0.6 is 0 Å². The van der Waals surface area contributed by atoms with E-state index in [0.717, 1.165) is 17.9 Å². The summed E-state index contributed by atoms with van der Waals surface area (Å²) in [4.78, 5) is 2.72. The Bertz CT molecular complexity index is 207. The van der Waals surface area contributed by atoms with E-state index in [4.69, 9.17) is 5.73 Å². The van der Waals surface area contributed by atoms with E-state index in [1.807, 2.05) is 0 Å². The molecular formula is C14H28N2. The molecule has 2 heteroatoms. The molecule has 0 amide bonds. The number of hydrogen-bond donors (Lipinski definition) is 1. The molecule has 1 saturated heterocycles. The molecule has 16 heavy (non-hydrogen) atoms. The highest BCUT2D eigenvalue weighted by molar-refractivity contribution is 4.87. The third-order valence-corrected chi connectivity index (χ3v) is 4.91. The Morgan fingerprint density at radius 2 is 1.88 bits per heavy atom. The fraction of sp³-hybridized carbons (Fsp3) is 1.00. The first kappa shape index (κ1) is 12.4. The zero-order chi connectivity index (χ0) is 11.5. The summed E-state index contributed by atoms with van der Waals surface area (Å²) in [5.41, 5.74) is 6.01. The lowest BCUT2D eigenvalue weighted by Gasteiger charge is -2.34. The summed E-state index contributed by atoms with van der Waals surface area (Å²) in [7, 11) is 0. The number of hydrogen-bond acceptors (Lipinski definition) is 2. The van der Waals surface area contributed by atoms with Gasteiger partial charge in [0.25, 0.3) is 0 Å². The van der Waals surface area contributed by atoms with Gasteiger partial charge in [0.15, 0.2) is 0 Å². The normalized spacial score (nSPS) is 38.8. The highest BCUT2D eigenvalue weighted by Crippen LogP contribution is 2.32. The van der Waals surface area contributed by atoms with E-state index in [0.29, 0.717) is 6.04 Å². The average molecular weight is 224 g/mol. The Morgan fingerprint density at radius 3 is 2.38 bits per heavy atom. The van der Waals surface area contributed by atoms with E-state index in [2.05, 4.69) is 18.7 Å². The molecule has 1 heterocycles. The Kier molecular flexibility index (Phi) is 4.26. The van der Waals surface area contributed by atoms with Gasteiger partial charge in [-0.2, -0.15) is 0 Å². The first-order valence-electron chi connectivity index (χ1n) is 7.20. The molecule has 2 N–H and O–H groups in total. The predicted octanol–water partition coefficient (Wildman–Crippen LogP) is 2.62. The third-order valence-electron chi connectivity index (χ3n) is 4.91. The lowest BCUT2D eigenvalue weighted by molar-refractivity contribution is 0.156. The van der Waals surface area contributed by atoms with Gasteiger partial charge >= 0.3 is 0 Å². The monoisotopic (exact) mass is 224 g/mol. The molecule has 2 nitrogen and oxygen atoms in total. The van der Waals surface area contributed by atoms with Gasteiger partial charge in [0, 0.05) is 18.6 Å². The van der Waals surface area contributed by atoms with E-state index in [9.17, 15) is 0 Å². The van der Waals surface area contributed by atoms with Gasteiger partial charge in [-0.05, 0) is 57.4 Å². The Labute approximate surface area is 101 Å². The molecule has 0 radical (unpaired) electrons. The van der Waals surface area contributed by atoms with Crippen molar-refractivity contribution in [3.8, 4) is 0 Å². The van der Waals surface area contributed by atoms with E-state index in [1.54, 1.807) is 0 Å². The van der Waals surface area contributed by atoms with Crippen molar-refractivity contribution in [3.05, 3.63) is 0 Å². The minimum Gasteiger partial charge on any atom is -0.328 e. The SMILES string of the molecule is CCC1CCC(N2CCC(C(C)N)C2)CC1. The van der Waals surface area contributed by atoms with Crippen LogP contribution in [0.2, 0.25) is 0 Å². The first-order chi connectivity index (χ1) is 7.70. The van der Waals surface area contributed by atoms with Crippen LogP contribution in [0, 0.1) is 11.8 Å². The second kappa shape index (κ2) is 5.50. The largest absolute Gasteiger partial charge is 0.328 e. The molecule has 0 aromatic carbocycles. The maximum atomic E-state index is 6.01. The van der Waals surface area contributed by atoms with Crippen LogP contribution in [0.3, 0.4) is 0 Å². The molecule has 94 valence electrons. The highest BCUT2D eigenvalue weighted by Gasteiger charge is 2.31. The Balaban J connectivity index is 1.78. The molecule has 2 aliphatic rings. The Morgan fingerprint density at radius 1 is 1.19 bits per heavy atom. The van der Waals surface area contributed by atoms with Crippen LogP contribution in [-0.2, 0) is 0 Å². The Hall–Kier alpha value is -0.0800. The molecule has 2 atom stereocenters. The molecule has 0 spiro atoms. The number of likely N-dealkylation sites (tertiary alicyclic amines) is 1. The molecule has 2 fully saturated rings. The number of rotatable bonds is 3. The van der Waals surface area contributed by atoms with E-state index in [1.165, 1.54) is 51.6 Å². The van der Waals surface area contributed by atoms with Crippen molar-refractivity contribution in [2.75, 3.05) is 13.1 Å². The minimum absolute atomic E-state index is 0.386. The summed E-state index contributed by atoms with van der Waals surface area (Å²) in [6.07, 6.45) is 8.50. The highest BCUT2D eigenvalue weighted by atomic mass is 15.2. The van der Waals surface area contributed by atoms with Gasteiger partial charge in [-0.3, -0.25) is 0 Å². The van der Waals surface area contributed by atoms with Gasteiger partial charge in [0.05, 0.1) is 0 Å². The standard InChI is InChI=1S/C14H28N2/c1-3-12-4-6-14(7-5-12)16-9-8-13(10-16)11(2)15/h11-14H,3-10,15H2,1-2H3. The van der Waals surface area contributed by atoms with Crippen LogP contribution in [0.15, 0.2) is 0 Å². The molecule has 2 unspecified atom stereocenters. The second-order valence-electron chi connectivity index (χ2n) is 5.99. The molecule has 0 aromatic rings. The zero-order valence-electron chi connectivity index (χ0n) is 11.0. The van der Waals surface area contributed by atoms with Crippen LogP contribution < -0.4 is 5.73 Å². The van der Waals surface area contributed by atoms with E-state index in [-0.39, 0.29) is 0 Å². The summed E-state index contributed by atoms with van der Waals surface area (Å²) < 4.78 is 0. The summed E-state index contributed by atoms with van der Waals surface area (Å²) in [6.45, 7) is 7.07. The van der Waals surface area contributed by atoms with Gasteiger partial charge < -0.3 is 10.6 Å². The lowest BCUT2D eigenvalue weighted by atomic mass is 9.84. The van der Waals surface area contributed by atoms with Crippen LogP contribution in [0.5, 0.6) is 0 Å². The summed E-state index contributed by atoms with van der Waals surface area (Å²) >= 11 is 0. The lowest BCUT2D eigenvalue weighted by Crippen LogP contribution is -2.38. The molecule has 2 rings (SSSR count). The molecular weight excluding hydrogens is 196 g/mol. The molecule has 1 saturated carbocycles. The van der Waals surface area contributed by atoms with Crippen LogP contribution in [-0.4, -0.2) is 30.1 Å². The summed E-state index contributed by atoms with van der Waals surface area (Å²) in [5, 5.41) is 0. The first-order valence-corrected chi connectivity index (χ1v) is 7.20. The summed E-state index contributed by atoms with van der Waals surface area (Å²) in [6, 6.07) is 1.27. The average Bonchev–Trinajstić information content (AvgIpc) is 2.78. The number of nitrogens with two attached hydrogens (primary N) is 1. The molecule has 1 aliphatic heterocycles. The van der Waals surface area contributed by atoms with Gasteiger partial charge in [-0.25, -0.2) is 0 Å². The van der Waals surface area contributed by atoms with E-state index >= 15 is 0 Å². The van der Waals surface area contributed by atoms with Crippen LogP contribution in [0.4, 0.5) is 0 Å². The summed E-state index contributed by atoms with van der Waals surface area (Å²) in [5.74, 6) is 1.77. The van der Waals surface area contributed by atoms with Crippen molar-refractivity contribution in [2.45, 2.75) is 64.5 Å². The van der Waals surface area contributed by atoms with Gasteiger partial charge in [0.1, 0.15) is 0 Å². The van der Waals surface area contributed by atoms with Crippen LogP contribution in [0.25, 0.3) is 0 Å². The smallest absolute Gasteiger partial charge is 0.00955 e. The van der Waals surface area contributed by atoms with Crippen molar-refractivity contribution in [1.29, 1.82) is 0 Å².